The zero-order valence-electron chi connectivity index (χ0n) is 21.0. The van der Waals surface area contributed by atoms with E-state index in [4.69, 9.17) is 4.42 Å². The Bertz CT molecular complexity index is 1920. The number of phenolic OH excluding ortho intramolecular Hbond substituents is 1. The maximum Gasteiger partial charge on any atom is 2.00 e. The van der Waals surface area contributed by atoms with E-state index in [-0.39, 0.29) is 26.8 Å². The third-order valence-electron chi connectivity index (χ3n) is 7.23. The predicted octanol–water partition coefficient (Wildman–Crippen LogP) is 8.28. The molecule has 0 radical (unpaired) electrons. The number of nitrogens with one attached hydrogen (secondary N) is 1. The van der Waals surface area contributed by atoms with Gasteiger partial charge in [-0.15, -0.1) is 17.3 Å². The average Bonchev–Trinajstić information content (AvgIpc) is 3.59. The van der Waals surface area contributed by atoms with Gasteiger partial charge in [0, 0.05) is 28.6 Å². The van der Waals surface area contributed by atoms with Crippen LogP contribution < -0.4 is 0 Å². The van der Waals surface area contributed by atoms with Gasteiger partial charge in [-0.25, -0.2) is 5.56 Å². The molecule has 4 aromatic carbocycles. The zero-order valence-corrected chi connectivity index (χ0v) is 23.3. The number of aryl methyl sites for hydroxylation is 2. The molecule has 0 aliphatic heterocycles. The number of fused-ring (bicyclic) bond motifs is 4. The topological polar surface area (TPSA) is 62.1 Å². The van der Waals surface area contributed by atoms with E-state index in [1.165, 1.54) is 10.9 Å². The number of furan rings is 1. The Labute approximate surface area is 240 Å². The first-order valence-electron chi connectivity index (χ1n) is 12.8. The number of benzene rings is 4. The van der Waals surface area contributed by atoms with Gasteiger partial charge in [-0.3, -0.25) is 4.98 Å². The number of rotatable bonds is 6. The minimum absolute atomic E-state index is 0. The maximum atomic E-state index is 11.6. The first-order chi connectivity index (χ1) is 18.8. The fourth-order valence-corrected chi connectivity index (χ4v) is 5.37. The quantitative estimate of drug-likeness (QED) is 0.173. The van der Waals surface area contributed by atoms with Gasteiger partial charge in [0.25, 0.3) is 0 Å². The predicted molar refractivity (Wildman–Crippen MR) is 152 cm³/mol. The summed E-state index contributed by atoms with van der Waals surface area (Å²) in [7, 11) is 0. The van der Waals surface area contributed by atoms with E-state index in [0.717, 1.165) is 63.4 Å². The smallest absolute Gasteiger partial charge is 0.517 e. The molecule has 0 unspecified atom stereocenters. The zero-order chi connectivity index (χ0) is 25.5. The number of hydrogen-bond donors (Lipinski definition) is 2. The van der Waals surface area contributed by atoms with Gasteiger partial charge in [-0.05, 0) is 53.5 Å². The van der Waals surface area contributed by atoms with Crippen LogP contribution in [-0.2, 0) is 33.9 Å². The minimum Gasteiger partial charge on any atom is -0.517 e. The number of aromatic amines is 1. The number of hydrogen-bond acceptors (Lipinski definition) is 3. The van der Waals surface area contributed by atoms with Crippen LogP contribution in [0, 0.1) is 12.1 Å². The molecule has 4 nitrogen and oxygen atoms in total. The van der Waals surface area contributed by atoms with Gasteiger partial charge in [-0.2, -0.15) is 30.3 Å². The molecule has 3 heterocycles. The molecule has 2 N–H and O–H groups in total. The van der Waals surface area contributed by atoms with Gasteiger partial charge in [0.15, 0.2) is 0 Å². The van der Waals surface area contributed by atoms with Crippen molar-refractivity contribution in [3.63, 3.8) is 0 Å². The Morgan fingerprint density at radius 2 is 1.62 bits per heavy atom. The van der Waals surface area contributed by atoms with E-state index in [2.05, 4.69) is 52.4 Å². The second-order valence-corrected chi connectivity index (χ2v) is 9.59. The van der Waals surface area contributed by atoms with Gasteiger partial charge >= 0.3 is 21.1 Å². The number of phenols is 1. The van der Waals surface area contributed by atoms with E-state index in [9.17, 15) is 5.11 Å². The van der Waals surface area contributed by atoms with Gasteiger partial charge in [0.2, 0.25) is 0 Å². The van der Waals surface area contributed by atoms with Crippen LogP contribution in [0.3, 0.4) is 0 Å². The second kappa shape index (κ2) is 10.6. The van der Waals surface area contributed by atoms with Crippen molar-refractivity contribution in [2.75, 3.05) is 0 Å². The van der Waals surface area contributed by atoms with Crippen molar-refractivity contribution in [3.8, 4) is 28.1 Å². The number of aromatic nitrogens is 2. The van der Waals surface area contributed by atoms with Crippen molar-refractivity contribution in [1.29, 1.82) is 0 Å². The Balaban J connectivity index is 0.00000277. The maximum absolute atomic E-state index is 11.6. The van der Waals surface area contributed by atoms with Crippen molar-refractivity contribution in [2.24, 2.45) is 0 Å². The third-order valence-corrected chi connectivity index (χ3v) is 7.23. The molecule has 5 heteroatoms. The van der Waals surface area contributed by atoms with Crippen molar-refractivity contribution in [1.82, 2.24) is 9.97 Å². The van der Waals surface area contributed by atoms with Crippen molar-refractivity contribution >= 4 is 32.7 Å². The molecule has 0 fully saturated rings. The number of H-pyrrole nitrogens is 1. The molecule has 3 aromatic heterocycles. The van der Waals surface area contributed by atoms with Crippen molar-refractivity contribution < 1.29 is 30.6 Å². The molecular weight excluding hydrogens is 663 g/mol. The van der Waals surface area contributed by atoms with Crippen LogP contribution in [-0.4, -0.2) is 15.1 Å². The SMILES string of the molecule is Oc1c(CCCc2cncc3ccccc23)cc2c(oc3ccccc32)c1-c1[c-]c(-c2[c-]cccc2)[nH]c1.[Pt+2]. The summed E-state index contributed by atoms with van der Waals surface area (Å²) >= 11 is 0. The van der Waals surface area contributed by atoms with Gasteiger partial charge < -0.3 is 14.5 Å². The summed E-state index contributed by atoms with van der Waals surface area (Å²) in [6, 6.07) is 32.9. The van der Waals surface area contributed by atoms with E-state index in [0.29, 0.717) is 11.1 Å². The molecule has 0 bridgehead atoms. The second-order valence-electron chi connectivity index (χ2n) is 9.59. The van der Waals surface area contributed by atoms with Crippen LogP contribution in [0.2, 0.25) is 0 Å². The Morgan fingerprint density at radius 3 is 2.49 bits per heavy atom. The van der Waals surface area contributed by atoms with Crippen LogP contribution in [0.15, 0.2) is 102 Å². The Morgan fingerprint density at radius 1 is 0.821 bits per heavy atom. The van der Waals surface area contributed by atoms with Crippen molar-refractivity contribution in [2.45, 2.75) is 19.3 Å². The summed E-state index contributed by atoms with van der Waals surface area (Å²) in [6.45, 7) is 0. The number of nitrogens with zero attached hydrogens (tertiary/aromatic N) is 1. The Kier molecular flexibility index (Phi) is 6.81. The molecule has 0 amide bonds. The molecule has 0 atom stereocenters. The summed E-state index contributed by atoms with van der Waals surface area (Å²) < 4.78 is 6.30. The molecule has 0 aliphatic rings. The standard InChI is InChI=1S/C34H24N2O2.Pt/c37-33-23(12-8-13-25-20-35-19-24-11-4-5-14-27(24)25)17-29-28-15-6-7-16-31(28)38-34(29)32(33)26-18-30(36-21-26)22-9-2-1-3-10-22;/h1-7,9,11,14-17,19-21,36-37H,8,12-13H2;/q-2;+2. The molecule has 0 saturated carbocycles. The van der Waals surface area contributed by atoms with Crippen LogP contribution in [0.1, 0.15) is 17.5 Å². The molecule has 7 aromatic rings. The van der Waals surface area contributed by atoms with Crippen LogP contribution in [0.25, 0.3) is 55.1 Å². The molecular formula is C34H24N2O2Pt. The molecule has 0 aliphatic carbocycles. The van der Waals surface area contributed by atoms with E-state index in [1.807, 2.05) is 67.1 Å². The normalized spacial score (nSPS) is 11.3. The average molecular weight is 688 g/mol. The van der Waals surface area contributed by atoms with E-state index >= 15 is 0 Å². The molecule has 39 heavy (non-hydrogen) atoms. The third kappa shape index (κ3) is 4.55. The summed E-state index contributed by atoms with van der Waals surface area (Å²) in [5.41, 5.74) is 6.75. The molecule has 192 valence electrons. The molecule has 0 saturated heterocycles. The summed E-state index contributed by atoms with van der Waals surface area (Å²) in [5.74, 6) is 0.242. The van der Waals surface area contributed by atoms with Crippen LogP contribution in [0.5, 0.6) is 5.75 Å². The van der Waals surface area contributed by atoms with E-state index in [1.54, 1.807) is 0 Å². The molecule has 7 rings (SSSR count). The number of para-hydroxylation sites is 1. The van der Waals surface area contributed by atoms with Gasteiger partial charge in [0.05, 0.1) is 5.75 Å². The molecule has 0 spiro atoms. The number of pyridine rings is 1. The first kappa shape index (κ1) is 25.2. The summed E-state index contributed by atoms with van der Waals surface area (Å²) in [4.78, 5) is 7.73. The van der Waals surface area contributed by atoms with Crippen LogP contribution >= 0.6 is 0 Å². The fourth-order valence-electron chi connectivity index (χ4n) is 5.37. The summed E-state index contributed by atoms with van der Waals surface area (Å²) in [5, 5.41) is 16.0. The summed E-state index contributed by atoms with van der Waals surface area (Å²) in [6.07, 6.45) is 8.22. The van der Waals surface area contributed by atoms with Crippen LogP contribution in [0.4, 0.5) is 0 Å². The monoisotopic (exact) mass is 687 g/mol. The fraction of sp³-hybridized carbons (Fsp3) is 0.0882. The van der Waals surface area contributed by atoms with Gasteiger partial charge in [0.1, 0.15) is 11.2 Å². The van der Waals surface area contributed by atoms with Crippen molar-refractivity contribution in [3.05, 3.63) is 121 Å². The Hall–Kier alpha value is -4.14. The van der Waals surface area contributed by atoms with Gasteiger partial charge in [-0.1, -0.05) is 48.7 Å². The minimum atomic E-state index is 0. The largest absolute Gasteiger partial charge is 2.00 e. The first-order valence-corrected chi connectivity index (χ1v) is 12.8. The number of aromatic hydroxyl groups is 1. The van der Waals surface area contributed by atoms with E-state index < -0.39 is 0 Å².